The van der Waals surface area contributed by atoms with Crippen molar-refractivity contribution >= 4 is 27.6 Å². The molecule has 1 aliphatic carbocycles. The number of hydrogen-bond acceptors (Lipinski definition) is 3. The van der Waals surface area contributed by atoms with Crippen molar-refractivity contribution in [2.75, 3.05) is 6.61 Å². The van der Waals surface area contributed by atoms with Crippen LogP contribution in [0, 0.1) is 0 Å². The molecule has 0 saturated heterocycles. The highest BCUT2D eigenvalue weighted by atomic mass is 16.5. The number of rotatable bonds is 5. The first-order valence-electron chi connectivity index (χ1n) is 10.6. The summed E-state index contributed by atoms with van der Waals surface area (Å²) in [5, 5.41) is 3.37. The minimum absolute atomic E-state index is 0.293. The van der Waals surface area contributed by atoms with E-state index in [2.05, 4.69) is 59.2 Å². The molecule has 3 aromatic carbocycles. The minimum atomic E-state index is -0.299. The number of hydrogen-bond donors (Lipinski definition) is 1. The summed E-state index contributed by atoms with van der Waals surface area (Å²) in [6, 6.07) is 19.4. The predicted molar refractivity (Wildman–Crippen MR) is 122 cm³/mol. The summed E-state index contributed by atoms with van der Waals surface area (Å²) in [7, 11) is 1.99. The van der Waals surface area contributed by atoms with Crippen LogP contribution in [0.15, 0.2) is 54.6 Å². The van der Waals surface area contributed by atoms with E-state index in [0.29, 0.717) is 24.6 Å². The van der Waals surface area contributed by atoms with Crippen LogP contribution < -0.4 is 5.73 Å². The molecule has 0 atom stereocenters. The lowest BCUT2D eigenvalue weighted by Gasteiger charge is -2.14. The highest BCUT2D eigenvalue weighted by Gasteiger charge is 2.30. The van der Waals surface area contributed by atoms with Crippen molar-refractivity contribution in [1.29, 1.82) is 0 Å². The zero-order chi connectivity index (χ0) is 20.8. The summed E-state index contributed by atoms with van der Waals surface area (Å²) in [4.78, 5) is 12.9. The van der Waals surface area contributed by atoms with Crippen LogP contribution in [0.25, 0.3) is 32.8 Å². The lowest BCUT2D eigenvalue weighted by atomic mass is 9.91. The number of aryl methyl sites for hydroxylation is 1. The Labute approximate surface area is 176 Å². The third kappa shape index (κ3) is 2.91. The van der Waals surface area contributed by atoms with Crippen LogP contribution in [0.1, 0.15) is 47.3 Å². The highest BCUT2D eigenvalue weighted by Crippen LogP contribution is 2.47. The van der Waals surface area contributed by atoms with E-state index < -0.39 is 0 Å². The lowest BCUT2D eigenvalue weighted by molar-refractivity contribution is 0.0527. The van der Waals surface area contributed by atoms with E-state index in [4.69, 9.17) is 10.5 Å². The summed E-state index contributed by atoms with van der Waals surface area (Å²) in [5.74, 6) is 0.275. The molecule has 2 N–H and O–H groups in total. The molecule has 0 amide bonds. The molecule has 1 fully saturated rings. The van der Waals surface area contributed by atoms with Crippen LogP contribution in [-0.2, 0) is 18.3 Å². The van der Waals surface area contributed by atoms with Gasteiger partial charge in [-0.2, -0.15) is 0 Å². The molecule has 5 rings (SSSR count). The van der Waals surface area contributed by atoms with Gasteiger partial charge in [-0.05, 0) is 65.3 Å². The molecule has 1 aliphatic rings. The fourth-order valence-corrected chi connectivity index (χ4v) is 4.65. The fraction of sp³-hybridized carbons (Fsp3) is 0.269. The van der Waals surface area contributed by atoms with Crippen LogP contribution in [0.3, 0.4) is 0 Å². The van der Waals surface area contributed by atoms with Gasteiger partial charge >= 0.3 is 5.97 Å². The van der Waals surface area contributed by atoms with E-state index in [1.165, 1.54) is 40.3 Å². The van der Waals surface area contributed by atoms with Crippen molar-refractivity contribution in [3.63, 3.8) is 0 Å². The SMILES string of the molecule is CCOC(=O)c1c(CN)n(C)c2cc(C3CC3)c(-c3cccc4ccccc34)cc12. The number of ether oxygens (including phenoxy) is 1. The number of carbonyl (C=O) groups excluding carboxylic acids is 1. The molecule has 4 aromatic rings. The van der Waals surface area contributed by atoms with Crippen LogP contribution in [0.2, 0.25) is 0 Å². The first kappa shape index (κ1) is 18.9. The van der Waals surface area contributed by atoms with Gasteiger partial charge in [-0.3, -0.25) is 0 Å². The van der Waals surface area contributed by atoms with Gasteiger partial charge in [-0.15, -0.1) is 0 Å². The summed E-state index contributed by atoms with van der Waals surface area (Å²) in [6.07, 6.45) is 2.42. The van der Waals surface area contributed by atoms with Gasteiger partial charge in [0.25, 0.3) is 0 Å². The molecular weight excluding hydrogens is 372 g/mol. The fourth-order valence-electron chi connectivity index (χ4n) is 4.65. The van der Waals surface area contributed by atoms with E-state index in [9.17, 15) is 4.79 Å². The number of nitrogens with two attached hydrogens (primary N) is 1. The van der Waals surface area contributed by atoms with E-state index in [0.717, 1.165) is 16.6 Å². The molecule has 30 heavy (non-hydrogen) atoms. The number of aromatic nitrogens is 1. The van der Waals surface area contributed by atoms with Gasteiger partial charge in [0.05, 0.1) is 12.2 Å². The average Bonchev–Trinajstić information content (AvgIpc) is 3.57. The Kier molecular flexibility index (Phi) is 4.59. The maximum Gasteiger partial charge on any atom is 0.340 e. The molecule has 1 aromatic heterocycles. The lowest BCUT2D eigenvalue weighted by Crippen LogP contribution is -2.12. The van der Waals surface area contributed by atoms with Crippen LogP contribution >= 0.6 is 0 Å². The smallest absolute Gasteiger partial charge is 0.340 e. The predicted octanol–water partition coefficient (Wildman–Crippen LogP) is 5.51. The van der Waals surface area contributed by atoms with Gasteiger partial charge in [0, 0.05) is 30.2 Å². The van der Waals surface area contributed by atoms with Crippen molar-refractivity contribution in [2.45, 2.75) is 32.2 Å². The third-order valence-corrected chi connectivity index (χ3v) is 6.26. The molecule has 0 aliphatic heterocycles. The van der Waals surface area contributed by atoms with Crippen LogP contribution in [0.4, 0.5) is 0 Å². The number of carbonyl (C=O) groups is 1. The number of esters is 1. The normalized spacial score (nSPS) is 13.8. The Balaban J connectivity index is 1.85. The van der Waals surface area contributed by atoms with Crippen molar-refractivity contribution in [3.8, 4) is 11.1 Å². The van der Waals surface area contributed by atoms with Crippen molar-refractivity contribution in [3.05, 3.63) is 71.4 Å². The molecule has 1 heterocycles. The molecule has 152 valence electrons. The van der Waals surface area contributed by atoms with Crippen LogP contribution in [0.5, 0.6) is 0 Å². The summed E-state index contributed by atoms with van der Waals surface area (Å²) >= 11 is 0. The third-order valence-electron chi connectivity index (χ3n) is 6.26. The first-order valence-corrected chi connectivity index (χ1v) is 10.6. The van der Waals surface area contributed by atoms with Gasteiger partial charge in [-0.1, -0.05) is 42.5 Å². The van der Waals surface area contributed by atoms with Gasteiger partial charge in [-0.25, -0.2) is 4.79 Å². The number of nitrogens with zero attached hydrogens (tertiary/aromatic N) is 1. The Bertz CT molecular complexity index is 1280. The molecule has 0 spiro atoms. The molecule has 0 bridgehead atoms. The molecule has 0 radical (unpaired) electrons. The Hall–Kier alpha value is -3.11. The first-order chi connectivity index (χ1) is 14.6. The highest BCUT2D eigenvalue weighted by molar-refractivity contribution is 6.09. The second-order valence-corrected chi connectivity index (χ2v) is 8.06. The average molecular weight is 399 g/mol. The van der Waals surface area contributed by atoms with E-state index in [-0.39, 0.29) is 5.97 Å². The van der Waals surface area contributed by atoms with Gasteiger partial charge in [0.15, 0.2) is 0 Å². The number of benzene rings is 3. The second-order valence-electron chi connectivity index (χ2n) is 8.06. The maximum atomic E-state index is 12.9. The second kappa shape index (κ2) is 7.29. The molecule has 1 saturated carbocycles. The Morgan fingerprint density at radius 2 is 1.83 bits per heavy atom. The zero-order valence-electron chi connectivity index (χ0n) is 17.4. The van der Waals surface area contributed by atoms with Crippen molar-refractivity contribution in [1.82, 2.24) is 4.57 Å². The summed E-state index contributed by atoms with van der Waals surface area (Å²) < 4.78 is 7.45. The molecule has 4 heteroatoms. The topological polar surface area (TPSA) is 57.2 Å². The minimum Gasteiger partial charge on any atom is -0.462 e. The number of fused-ring (bicyclic) bond motifs is 2. The van der Waals surface area contributed by atoms with E-state index in [1.807, 2.05) is 14.0 Å². The molecule has 4 nitrogen and oxygen atoms in total. The standard InChI is InChI=1S/C26H26N2O2/c1-3-30-26(29)25-22-13-21(19-10-6-8-16-7-4-5-9-18(16)19)20(17-11-12-17)14-23(22)28(2)24(25)15-27/h4-10,13-14,17H,3,11-12,15,27H2,1-2H3. The summed E-state index contributed by atoms with van der Waals surface area (Å²) in [6.45, 7) is 2.47. The van der Waals surface area contributed by atoms with Gasteiger partial charge in [0.2, 0.25) is 0 Å². The van der Waals surface area contributed by atoms with E-state index in [1.54, 1.807) is 0 Å². The Morgan fingerprint density at radius 3 is 2.57 bits per heavy atom. The van der Waals surface area contributed by atoms with Gasteiger partial charge in [0.1, 0.15) is 0 Å². The quantitative estimate of drug-likeness (QED) is 0.451. The Morgan fingerprint density at radius 1 is 1.07 bits per heavy atom. The van der Waals surface area contributed by atoms with Crippen LogP contribution in [-0.4, -0.2) is 17.1 Å². The molecule has 0 unspecified atom stereocenters. The maximum absolute atomic E-state index is 12.9. The van der Waals surface area contributed by atoms with Crippen molar-refractivity contribution in [2.24, 2.45) is 12.8 Å². The monoisotopic (exact) mass is 398 g/mol. The largest absolute Gasteiger partial charge is 0.462 e. The zero-order valence-corrected chi connectivity index (χ0v) is 17.4. The molecular formula is C26H26N2O2. The summed E-state index contributed by atoms with van der Waals surface area (Å²) in [5.41, 5.74) is 12.3. The van der Waals surface area contributed by atoms with Gasteiger partial charge < -0.3 is 15.0 Å². The van der Waals surface area contributed by atoms with Crippen molar-refractivity contribution < 1.29 is 9.53 Å². The van der Waals surface area contributed by atoms with E-state index >= 15 is 0 Å².